The first-order chi connectivity index (χ1) is 4.56. The fourth-order valence-electron chi connectivity index (χ4n) is 0.399. The van der Waals surface area contributed by atoms with Crippen molar-refractivity contribution in [1.82, 2.24) is 0 Å². The molecule has 0 aromatic carbocycles. The largest absolute Gasteiger partial charge is 0.333 e. The number of hydrogen-bond donors (Lipinski definition) is 1. The van der Waals surface area contributed by atoms with Crippen LogP contribution in [0, 0.1) is 0 Å². The van der Waals surface area contributed by atoms with Crippen molar-refractivity contribution >= 4 is 10.3 Å². The van der Waals surface area contributed by atoms with Crippen LogP contribution in [0.15, 0.2) is 12.2 Å². The standard InChI is InChI=1S/C5H11NO3S/c1-2-3-4-5-9-10(6,7)8/h2-3H,4-5H2,1H3,(H2,6,7,8)/b3-2+. The molecule has 0 aliphatic heterocycles. The van der Waals surface area contributed by atoms with E-state index in [0.29, 0.717) is 6.42 Å². The molecule has 0 aromatic heterocycles. The highest BCUT2D eigenvalue weighted by Crippen LogP contribution is 1.87. The van der Waals surface area contributed by atoms with Gasteiger partial charge >= 0.3 is 10.3 Å². The lowest BCUT2D eigenvalue weighted by molar-refractivity contribution is 0.325. The molecular formula is C5H11NO3S. The monoisotopic (exact) mass is 165 g/mol. The normalized spacial score (nSPS) is 12.6. The summed E-state index contributed by atoms with van der Waals surface area (Å²) in [7, 11) is -3.74. The first kappa shape index (κ1) is 9.61. The summed E-state index contributed by atoms with van der Waals surface area (Å²) in [4.78, 5) is 0. The van der Waals surface area contributed by atoms with Gasteiger partial charge in [0.25, 0.3) is 0 Å². The van der Waals surface area contributed by atoms with Crippen LogP contribution in [0.25, 0.3) is 0 Å². The van der Waals surface area contributed by atoms with Crippen molar-refractivity contribution in [3.05, 3.63) is 12.2 Å². The first-order valence-corrected chi connectivity index (χ1v) is 4.31. The molecule has 0 unspecified atom stereocenters. The van der Waals surface area contributed by atoms with Crippen molar-refractivity contribution in [2.24, 2.45) is 5.14 Å². The summed E-state index contributed by atoms with van der Waals surface area (Å²) in [5.74, 6) is 0. The molecule has 10 heavy (non-hydrogen) atoms. The van der Waals surface area contributed by atoms with E-state index in [2.05, 4.69) is 9.32 Å². The summed E-state index contributed by atoms with van der Waals surface area (Å²) in [5, 5.41) is 4.54. The molecule has 0 atom stereocenters. The van der Waals surface area contributed by atoms with E-state index in [1.807, 2.05) is 13.0 Å². The van der Waals surface area contributed by atoms with E-state index in [1.54, 1.807) is 6.08 Å². The van der Waals surface area contributed by atoms with Gasteiger partial charge in [-0.25, -0.2) is 5.14 Å². The molecule has 0 aliphatic rings. The maximum atomic E-state index is 10.1. The summed E-state index contributed by atoms with van der Waals surface area (Å²) >= 11 is 0. The van der Waals surface area contributed by atoms with Gasteiger partial charge in [0, 0.05) is 0 Å². The Hall–Kier alpha value is -0.390. The second kappa shape index (κ2) is 4.43. The molecule has 0 aliphatic carbocycles. The second-order valence-electron chi connectivity index (χ2n) is 1.67. The molecule has 5 heteroatoms. The Balaban J connectivity index is 3.39. The van der Waals surface area contributed by atoms with Crippen LogP contribution < -0.4 is 5.14 Å². The van der Waals surface area contributed by atoms with Crippen LogP contribution in [0.5, 0.6) is 0 Å². The molecule has 0 amide bonds. The topological polar surface area (TPSA) is 69.4 Å². The molecule has 0 fully saturated rings. The smallest absolute Gasteiger partial charge is 0.258 e. The number of hydrogen-bond acceptors (Lipinski definition) is 3. The van der Waals surface area contributed by atoms with Gasteiger partial charge in [0.05, 0.1) is 6.61 Å². The van der Waals surface area contributed by atoms with Gasteiger partial charge in [-0.2, -0.15) is 8.42 Å². The highest BCUT2D eigenvalue weighted by Gasteiger charge is 1.98. The average molecular weight is 165 g/mol. The van der Waals surface area contributed by atoms with Crippen molar-refractivity contribution in [3.8, 4) is 0 Å². The maximum Gasteiger partial charge on any atom is 0.333 e. The number of allylic oxidation sites excluding steroid dienone is 1. The first-order valence-electron chi connectivity index (χ1n) is 2.84. The SMILES string of the molecule is C/C=C/CCOS(N)(=O)=O. The minimum Gasteiger partial charge on any atom is -0.258 e. The Morgan fingerprint density at radius 3 is 2.60 bits per heavy atom. The predicted octanol–water partition coefficient (Wildman–Crippen LogP) is 0.173. The quantitative estimate of drug-likeness (QED) is 0.477. The zero-order valence-electron chi connectivity index (χ0n) is 5.78. The van der Waals surface area contributed by atoms with Gasteiger partial charge < -0.3 is 0 Å². The number of rotatable bonds is 4. The van der Waals surface area contributed by atoms with Gasteiger partial charge in [-0.05, 0) is 13.3 Å². The van der Waals surface area contributed by atoms with Gasteiger partial charge in [0.1, 0.15) is 0 Å². The summed E-state index contributed by atoms with van der Waals surface area (Å²) in [5.41, 5.74) is 0. The van der Waals surface area contributed by atoms with E-state index in [-0.39, 0.29) is 6.61 Å². The minimum absolute atomic E-state index is 0.114. The fraction of sp³-hybridized carbons (Fsp3) is 0.600. The molecule has 60 valence electrons. The van der Waals surface area contributed by atoms with E-state index in [4.69, 9.17) is 0 Å². The number of nitrogens with two attached hydrogens (primary N) is 1. The molecule has 0 radical (unpaired) electrons. The maximum absolute atomic E-state index is 10.1. The van der Waals surface area contributed by atoms with Gasteiger partial charge in [0.2, 0.25) is 0 Å². The van der Waals surface area contributed by atoms with Gasteiger partial charge in [-0.15, -0.1) is 0 Å². The lowest BCUT2D eigenvalue weighted by Gasteiger charge is -1.95. The lowest BCUT2D eigenvalue weighted by Crippen LogP contribution is -2.16. The zero-order valence-corrected chi connectivity index (χ0v) is 6.60. The third kappa shape index (κ3) is 7.61. The Bertz CT molecular complexity index is 195. The van der Waals surface area contributed by atoms with E-state index < -0.39 is 10.3 Å². The predicted molar refractivity (Wildman–Crippen MR) is 38.5 cm³/mol. The summed E-state index contributed by atoms with van der Waals surface area (Å²) in [6, 6.07) is 0. The highest BCUT2D eigenvalue weighted by atomic mass is 32.2. The zero-order chi connectivity index (χ0) is 8.04. The van der Waals surface area contributed by atoms with Crippen molar-refractivity contribution in [1.29, 1.82) is 0 Å². The van der Waals surface area contributed by atoms with Crippen LogP contribution in [0.4, 0.5) is 0 Å². The van der Waals surface area contributed by atoms with Crippen LogP contribution in [0.2, 0.25) is 0 Å². The van der Waals surface area contributed by atoms with Crippen LogP contribution in [-0.2, 0) is 14.5 Å². The molecule has 2 N–H and O–H groups in total. The third-order valence-electron chi connectivity index (χ3n) is 0.768. The molecule has 4 nitrogen and oxygen atoms in total. The van der Waals surface area contributed by atoms with Crippen LogP contribution in [0.1, 0.15) is 13.3 Å². The van der Waals surface area contributed by atoms with Crippen molar-refractivity contribution in [3.63, 3.8) is 0 Å². The molecule has 0 aromatic rings. The molecule has 0 spiro atoms. The van der Waals surface area contributed by atoms with Crippen LogP contribution in [-0.4, -0.2) is 15.0 Å². The van der Waals surface area contributed by atoms with Crippen molar-refractivity contribution in [2.75, 3.05) is 6.61 Å². The summed E-state index contributed by atoms with van der Waals surface area (Å²) < 4.78 is 24.5. The van der Waals surface area contributed by atoms with E-state index in [1.165, 1.54) is 0 Å². The Labute approximate surface area is 60.9 Å². The summed E-state index contributed by atoms with van der Waals surface area (Å²) in [6.07, 6.45) is 4.17. The Morgan fingerprint density at radius 2 is 2.20 bits per heavy atom. The Kier molecular flexibility index (Phi) is 4.26. The van der Waals surface area contributed by atoms with Crippen molar-refractivity contribution in [2.45, 2.75) is 13.3 Å². The Morgan fingerprint density at radius 1 is 1.60 bits per heavy atom. The molecule has 0 saturated carbocycles. The van der Waals surface area contributed by atoms with E-state index in [9.17, 15) is 8.42 Å². The average Bonchev–Trinajstić information content (AvgIpc) is 1.78. The minimum atomic E-state index is -3.74. The van der Waals surface area contributed by atoms with E-state index >= 15 is 0 Å². The molecular weight excluding hydrogens is 154 g/mol. The van der Waals surface area contributed by atoms with Crippen LogP contribution >= 0.6 is 0 Å². The van der Waals surface area contributed by atoms with Gasteiger partial charge in [-0.3, -0.25) is 4.18 Å². The van der Waals surface area contributed by atoms with Crippen LogP contribution in [0.3, 0.4) is 0 Å². The van der Waals surface area contributed by atoms with Gasteiger partial charge in [0.15, 0.2) is 0 Å². The fourth-order valence-corrected chi connectivity index (χ4v) is 0.728. The van der Waals surface area contributed by atoms with E-state index in [0.717, 1.165) is 0 Å². The van der Waals surface area contributed by atoms with Gasteiger partial charge in [-0.1, -0.05) is 12.2 Å². The molecule has 0 saturated heterocycles. The molecule has 0 heterocycles. The second-order valence-corrected chi connectivity index (χ2v) is 2.89. The summed E-state index contributed by atoms with van der Waals surface area (Å²) in [6.45, 7) is 1.96. The third-order valence-corrected chi connectivity index (χ3v) is 1.26. The molecule has 0 rings (SSSR count). The van der Waals surface area contributed by atoms with Crippen molar-refractivity contribution < 1.29 is 12.6 Å². The molecule has 0 bridgehead atoms. The highest BCUT2D eigenvalue weighted by molar-refractivity contribution is 7.84. The lowest BCUT2D eigenvalue weighted by atomic mass is 10.4.